The van der Waals surface area contributed by atoms with Gasteiger partial charge in [0.05, 0.1) is 5.56 Å². The Kier molecular flexibility index (Phi) is 6.73. The quantitative estimate of drug-likeness (QED) is 0.496. The van der Waals surface area contributed by atoms with Gasteiger partial charge in [-0.25, -0.2) is 9.59 Å². The second kappa shape index (κ2) is 9.85. The molecule has 0 aromatic heterocycles. The number of alkyl carbamates (subject to hydrolysis) is 1. The van der Waals surface area contributed by atoms with E-state index in [4.69, 9.17) is 4.74 Å². The Hall–Kier alpha value is -3.93. The molecule has 0 saturated carbocycles. The molecular formula is C23H19NO5. The molecule has 2 amide bonds. The molecule has 3 rings (SSSR count). The van der Waals surface area contributed by atoms with Crippen LogP contribution in [0.1, 0.15) is 22.3 Å². The third-order valence-electron chi connectivity index (χ3n) is 3.98. The average Bonchev–Trinajstić information content (AvgIpc) is 2.74. The molecule has 1 N–H and O–H groups in total. The van der Waals surface area contributed by atoms with Crippen LogP contribution in [0.25, 0.3) is 0 Å². The number of nitrogens with one attached hydrogen (secondary N) is 1. The van der Waals surface area contributed by atoms with Gasteiger partial charge in [0.15, 0.2) is 0 Å². The number of hydrogen-bond donors (Lipinski definition) is 1. The zero-order chi connectivity index (χ0) is 20.5. The Balaban J connectivity index is 1.43. The molecular weight excluding hydrogens is 370 g/mol. The monoisotopic (exact) mass is 389 g/mol. The molecule has 0 unspecified atom stereocenters. The maximum Gasteiger partial charge on any atom is 0.421 e. The summed E-state index contributed by atoms with van der Waals surface area (Å²) in [5.74, 6) is 0.0842. The van der Waals surface area contributed by atoms with Crippen LogP contribution in [0, 0.1) is 0 Å². The molecule has 0 aliphatic carbocycles. The van der Waals surface area contributed by atoms with E-state index in [1.807, 2.05) is 59.9 Å². The first kappa shape index (κ1) is 19.8. The Labute approximate surface area is 168 Å². The van der Waals surface area contributed by atoms with Gasteiger partial charge in [-0.2, -0.15) is 0 Å². The van der Waals surface area contributed by atoms with E-state index < -0.39 is 18.0 Å². The van der Waals surface area contributed by atoms with Crippen LogP contribution in [-0.4, -0.2) is 18.0 Å². The van der Waals surface area contributed by atoms with Crippen molar-refractivity contribution in [2.75, 3.05) is 0 Å². The molecule has 0 heterocycles. The van der Waals surface area contributed by atoms with Crippen molar-refractivity contribution >= 4 is 18.0 Å². The molecule has 3 aromatic rings. The second-order valence-corrected chi connectivity index (χ2v) is 6.15. The first-order valence-corrected chi connectivity index (χ1v) is 9.03. The third-order valence-corrected chi connectivity index (χ3v) is 3.98. The summed E-state index contributed by atoms with van der Waals surface area (Å²) >= 11 is 0. The number of amides is 2. The number of aryl methyl sites for hydroxylation is 1. The van der Waals surface area contributed by atoms with E-state index in [0.717, 1.165) is 11.3 Å². The number of imide groups is 1. The molecule has 3 aromatic carbocycles. The molecule has 0 bridgehead atoms. The number of esters is 1. The molecule has 0 saturated heterocycles. The van der Waals surface area contributed by atoms with Gasteiger partial charge in [0, 0.05) is 6.42 Å². The van der Waals surface area contributed by atoms with Crippen molar-refractivity contribution < 1.29 is 23.9 Å². The van der Waals surface area contributed by atoms with Crippen LogP contribution in [0.4, 0.5) is 4.79 Å². The molecule has 0 radical (unpaired) electrons. The minimum atomic E-state index is -1.09. The Morgan fingerprint density at radius 3 is 1.97 bits per heavy atom. The maximum absolute atomic E-state index is 11.9. The number of benzene rings is 3. The Morgan fingerprint density at radius 1 is 0.724 bits per heavy atom. The Morgan fingerprint density at radius 2 is 1.31 bits per heavy atom. The summed E-state index contributed by atoms with van der Waals surface area (Å²) in [6.07, 6.45) is -0.583. The van der Waals surface area contributed by atoms with E-state index in [1.54, 1.807) is 18.2 Å². The summed E-state index contributed by atoms with van der Waals surface area (Å²) < 4.78 is 10.3. The summed E-state index contributed by atoms with van der Waals surface area (Å²) in [6, 6.07) is 24.8. The first-order valence-electron chi connectivity index (χ1n) is 9.03. The largest absolute Gasteiger partial charge is 0.457 e. The zero-order valence-corrected chi connectivity index (χ0v) is 15.5. The van der Waals surface area contributed by atoms with Gasteiger partial charge in [-0.1, -0.05) is 48.5 Å². The smallest absolute Gasteiger partial charge is 0.421 e. The third kappa shape index (κ3) is 6.32. The lowest BCUT2D eigenvalue weighted by Gasteiger charge is -2.07. The van der Waals surface area contributed by atoms with E-state index in [0.29, 0.717) is 12.2 Å². The number of ether oxygens (including phenoxy) is 2. The fraction of sp³-hybridized carbons (Fsp3) is 0.0870. The minimum absolute atomic E-state index is 0.0769. The topological polar surface area (TPSA) is 81.7 Å². The minimum Gasteiger partial charge on any atom is -0.457 e. The van der Waals surface area contributed by atoms with Gasteiger partial charge in [0.25, 0.3) is 0 Å². The summed E-state index contributed by atoms with van der Waals surface area (Å²) in [4.78, 5) is 35.4. The standard InChI is InChI=1S/C23H19NO5/c25-21(24-23(27)29-22(26)18-7-3-1-4-8-18)16-13-17-11-14-20(15-12-17)28-19-9-5-2-6-10-19/h1-12,14-15H,13,16H2,(H,24,25,27). The highest BCUT2D eigenvalue weighted by molar-refractivity contribution is 6.00. The van der Waals surface area contributed by atoms with E-state index in [2.05, 4.69) is 4.74 Å². The highest BCUT2D eigenvalue weighted by atomic mass is 16.6. The molecule has 0 aliphatic heterocycles. The number of rotatable bonds is 6. The number of hydrogen-bond acceptors (Lipinski definition) is 5. The molecule has 146 valence electrons. The van der Waals surface area contributed by atoms with Crippen LogP contribution in [0.5, 0.6) is 11.5 Å². The normalized spacial score (nSPS) is 10.1. The van der Waals surface area contributed by atoms with Crippen molar-refractivity contribution in [2.45, 2.75) is 12.8 Å². The molecule has 6 heteroatoms. The van der Waals surface area contributed by atoms with Gasteiger partial charge in [-0.3, -0.25) is 10.1 Å². The van der Waals surface area contributed by atoms with Gasteiger partial charge >= 0.3 is 12.1 Å². The molecule has 0 spiro atoms. The molecule has 0 aliphatic rings. The van der Waals surface area contributed by atoms with Crippen molar-refractivity contribution in [1.29, 1.82) is 0 Å². The van der Waals surface area contributed by atoms with Gasteiger partial charge in [0.1, 0.15) is 11.5 Å². The zero-order valence-electron chi connectivity index (χ0n) is 15.5. The highest BCUT2D eigenvalue weighted by Gasteiger charge is 2.15. The number of para-hydroxylation sites is 1. The van der Waals surface area contributed by atoms with E-state index >= 15 is 0 Å². The van der Waals surface area contributed by atoms with Crippen LogP contribution >= 0.6 is 0 Å². The summed E-state index contributed by atoms with van der Waals surface area (Å²) in [7, 11) is 0. The second-order valence-electron chi connectivity index (χ2n) is 6.15. The van der Waals surface area contributed by atoms with Crippen LogP contribution in [0.3, 0.4) is 0 Å². The average molecular weight is 389 g/mol. The molecule has 6 nitrogen and oxygen atoms in total. The maximum atomic E-state index is 11.9. The van der Waals surface area contributed by atoms with Crippen LogP contribution in [0.2, 0.25) is 0 Å². The van der Waals surface area contributed by atoms with Gasteiger partial charge in [0.2, 0.25) is 5.91 Å². The van der Waals surface area contributed by atoms with Crippen LogP contribution < -0.4 is 10.1 Å². The van der Waals surface area contributed by atoms with Crippen molar-refractivity contribution in [2.24, 2.45) is 0 Å². The summed E-state index contributed by atoms with van der Waals surface area (Å²) in [5, 5.41) is 2.05. The number of carbonyl (C=O) groups excluding carboxylic acids is 3. The molecule has 0 fully saturated rings. The lowest BCUT2D eigenvalue weighted by atomic mass is 10.1. The van der Waals surface area contributed by atoms with Crippen LogP contribution in [-0.2, 0) is 16.0 Å². The van der Waals surface area contributed by atoms with E-state index in [-0.39, 0.29) is 12.0 Å². The SMILES string of the molecule is O=C(CCc1ccc(Oc2ccccc2)cc1)NC(=O)OC(=O)c1ccccc1. The Bertz CT molecular complexity index is 969. The summed E-state index contributed by atoms with van der Waals surface area (Å²) in [5.41, 5.74) is 1.14. The molecule has 0 atom stereocenters. The first-order chi connectivity index (χ1) is 14.1. The van der Waals surface area contributed by atoms with Crippen molar-refractivity contribution in [1.82, 2.24) is 5.32 Å². The van der Waals surface area contributed by atoms with Crippen molar-refractivity contribution in [3.05, 3.63) is 96.1 Å². The summed E-state index contributed by atoms with van der Waals surface area (Å²) in [6.45, 7) is 0. The fourth-order valence-corrected chi connectivity index (χ4v) is 2.53. The lowest BCUT2D eigenvalue weighted by molar-refractivity contribution is -0.120. The van der Waals surface area contributed by atoms with Gasteiger partial charge in [-0.05, 0) is 48.4 Å². The van der Waals surface area contributed by atoms with Crippen molar-refractivity contribution in [3.8, 4) is 11.5 Å². The van der Waals surface area contributed by atoms with E-state index in [1.165, 1.54) is 12.1 Å². The predicted octanol–water partition coefficient (Wildman–Crippen LogP) is 4.50. The highest BCUT2D eigenvalue weighted by Crippen LogP contribution is 2.21. The van der Waals surface area contributed by atoms with Gasteiger partial charge < -0.3 is 9.47 Å². The van der Waals surface area contributed by atoms with E-state index in [9.17, 15) is 14.4 Å². The predicted molar refractivity (Wildman–Crippen MR) is 107 cm³/mol. The molecule has 29 heavy (non-hydrogen) atoms. The fourth-order valence-electron chi connectivity index (χ4n) is 2.53. The van der Waals surface area contributed by atoms with Gasteiger partial charge in [-0.15, -0.1) is 0 Å². The number of carbonyl (C=O) groups is 3. The van der Waals surface area contributed by atoms with Crippen LogP contribution in [0.15, 0.2) is 84.9 Å². The lowest BCUT2D eigenvalue weighted by Crippen LogP contribution is -2.32. The van der Waals surface area contributed by atoms with Crippen molar-refractivity contribution in [3.63, 3.8) is 0 Å².